The van der Waals surface area contributed by atoms with Crippen LogP contribution in [0.15, 0.2) is 40.9 Å². The molecule has 2 heterocycles. The van der Waals surface area contributed by atoms with Crippen molar-refractivity contribution in [2.75, 3.05) is 19.8 Å². The Bertz CT molecular complexity index is 1120. The van der Waals surface area contributed by atoms with Crippen molar-refractivity contribution in [3.8, 4) is 22.9 Å². The van der Waals surface area contributed by atoms with Crippen LogP contribution in [0.4, 0.5) is 4.39 Å². The first-order valence-electron chi connectivity index (χ1n) is 10.4. The standard InChI is InChI=1S/C23H23ClFN3O4/c1-3-30-19-8-5-14(9-20(19)31-4-2)12-28-13-16(11-21(28)29)23-26-22(27-32-23)15-6-7-18(25)17(24)10-15/h5-10,16H,3-4,11-13H2,1-2H3. The maximum absolute atomic E-state index is 13.4. The number of amides is 1. The molecule has 32 heavy (non-hydrogen) atoms. The minimum Gasteiger partial charge on any atom is -0.490 e. The maximum Gasteiger partial charge on any atom is 0.232 e. The molecule has 3 aromatic rings. The summed E-state index contributed by atoms with van der Waals surface area (Å²) in [6, 6.07) is 9.92. The molecule has 1 amide bonds. The highest BCUT2D eigenvalue weighted by atomic mass is 35.5. The van der Waals surface area contributed by atoms with E-state index in [0.29, 0.717) is 55.1 Å². The smallest absolute Gasteiger partial charge is 0.232 e. The van der Waals surface area contributed by atoms with E-state index in [4.69, 9.17) is 25.6 Å². The molecule has 1 aliphatic heterocycles. The molecule has 0 N–H and O–H groups in total. The molecular formula is C23H23ClFN3O4. The number of hydrogen-bond acceptors (Lipinski definition) is 6. The molecule has 1 fully saturated rings. The zero-order chi connectivity index (χ0) is 22.7. The van der Waals surface area contributed by atoms with Gasteiger partial charge in [-0.3, -0.25) is 4.79 Å². The molecule has 1 aromatic heterocycles. The van der Waals surface area contributed by atoms with Gasteiger partial charge in [0.15, 0.2) is 11.5 Å². The number of aromatic nitrogens is 2. The zero-order valence-electron chi connectivity index (χ0n) is 17.8. The van der Waals surface area contributed by atoms with E-state index in [1.54, 1.807) is 4.90 Å². The summed E-state index contributed by atoms with van der Waals surface area (Å²) in [5.41, 5.74) is 1.49. The van der Waals surface area contributed by atoms with Crippen LogP contribution >= 0.6 is 11.6 Å². The lowest BCUT2D eigenvalue weighted by molar-refractivity contribution is -0.128. The van der Waals surface area contributed by atoms with Crippen molar-refractivity contribution < 1.29 is 23.2 Å². The van der Waals surface area contributed by atoms with E-state index in [1.807, 2.05) is 32.0 Å². The van der Waals surface area contributed by atoms with E-state index in [-0.39, 0.29) is 23.3 Å². The van der Waals surface area contributed by atoms with Gasteiger partial charge in [-0.2, -0.15) is 4.98 Å². The van der Waals surface area contributed by atoms with Gasteiger partial charge in [0.1, 0.15) is 5.82 Å². The van der Waals surface area contributed by atoms with Crippen LogP contribution in [0.1, 0.15) is 37.6 Å². The third-order valence-corrected chi connectivity index (χ3v) is 5.45. The first kappa shape index (κ1) is 22.1. The van der Waals surface area contributed by atoms with E-state index in [9.17, 15) is 9.18 Å². The van der Waals surface area contributed by atoms with Crippen LogP contribution in [-0.2, 0) is 11.3 Å². The molecule has 0 radical (unpaired) electrons. The summed E-state index contributed by atoms with van der Waals surface area (Å²) in [4.78, 5) is 18.8. The summed E-state index contributed by atoms with van der Waals surface area (Å²) in [7, 11) is 0. The average Bonchev–Trinajstić information content (AvgIpc) is 3.40. The number of nitrogens with zero attached hydrogens (tertiary/aromatic N) is 3. The predicted molar refractivity (Wildman–Crippen MR) is 116 cm³/mol. The molecule has 9 heteroatoms. The molecule has 168 valence electrons. The number of ether oxygens (including phenoxy) is 2. The number of benzene rings is 2. The lowest BCUT2D eigenvalue weighted by Crippen LogP contribution is -2.24. The minimum absolute atomic E-state index is 0.00595. The highest BCUT2D eigenvalue weighted by Gasteiger charge is 2.34. The fourth-order valence-electron chi connectivity index (χ4n) is 3.66. The van der Waals surface area contributed by atoms with Crippen molar-refractivity contribution in [1.29, 1.82) is 0 Å². The Morgan fingerprint density at radius 3 is 2.69 bits per heavy atom. The third-order valence-electron chi connectivity index (χ3n) is 5.16. The monoisotopic (exact) mass is 459 g/mol. The van der Waals surface area contributed by atoms with Gasteiger partial charge in [0.2, 0.25) is 17.6 Å². The fraction of sp³-hybridized carbons (Fsp3) is 0.348. The van der Waals surface area contributed by atoms with E-state index >= 15 is 0 Å². The average molecular weight is 460 g/mol. The van der Waals surface area contributed by atoms with E-state index in [1.165, 1.54) is 18.2 Å². The van der Waals surface area contributed by atoms with Gasteiger partial charge in [-0.1, -0.05) is 22.8 Å². The Hall–Kier alpha value is -3.13. The predicted octanol–water partition coefficient (Wildman–Crippen LogP) is 4.84. The first-order valence-corrected chi connectivity index (χ1v) is 10.8. The maximum atomic E-state index is 13.4. The van der Waals surface area contributed by atoms with Gasteiger partial charge >= 0.3 is 0 Å². The van der Waals surface area contributed by atoms with Gasteiger partial charge in [0.05, 0.1) is 24.2 Å². The zero-order valence-corrected chi connectivity index (χ0v) is 18.6. The number of carbonyl (C=O) groups is 1. The molecule has 0 saturated carbocycles. The second-order valence-corrected chi connectivity index (χ2v) is 7.81. The van der Waals surface area contributed by atoms with Crippen molar-refractivity contribution in [3.05, 3.63) is 58.7 Å². The van der Waals surface area contributed by atoms with Gasteiger partial charge in [-0.05, 0) is 49.7 Å². The number of likely N-dealkylation sites (tertiary alicyclic amines) is 1. The Kier molecular flexibility index (Phi) is 6.60. The van der Waals surface area contributed by atoms with Gasteiger partial charge < -0.3 is 18.9 Å². The summed E-state index contributed by atoms with van der Waals surface area (Å²) >= 11 is 5.84. The van der Waals surface area contributed by atoms with E-state index in [2.05, 4.69) is 10.1 Å². The van der Waals surface area contributed by atoms with Gasteiger partial charge in [-0.25, -0.2) is 4.39 Å². The summed E-state index contributed by atoms with van der Waals surface area (Å²) < 4.78 is 30.1. The third kappa shape index (κ3) is 4.70. The summed E-state index contributed by atoms with van der Waals surface area (Å²) in [5, 5.41) is 3.95. The minimum atomic E-state index is -0.516. The molecule has 0 spiro atoms. The van der Waals surface area contributed by atoms with E-state index in [0.717, 1.165) is 5.56 Å². The first-order chi connectivity index (χ1) is 15.5. The highest BCUT2D eigenvalue weighted by Crippen LogP contribution is 2.33. The van der Waals surface area contributed by atoms with E-state index < -0.39 is 5.82 Å². The Morgan fingerprint density at radius 2 is 1.94 bits per heavy atom. The number of rotatable bonds is 8. The quantitative estimate of drug-likeness (QED) is 0.479. The Morgan fingerprint density at radius 1 is 1.16 bits per heavy atom. The summed E-state index contributed by atoms with van der Waals surface area (Å²) in [6.07, 6.45) is 0.279. The topological polar surface area (TPSA) is 77.7 Å². The molecule has 7 nitrogen and oxygen atoms in total. The van der Waals surface area contributed by atoms with Crippen molar-refractivity contribution in [1.82, 2.24) is 15.0 Å². The van der Waals surface area contributed by atoms with Crippen LogP contribution in [-0.4, -0.2) is 40.7 Å². The van der Waals surface area contributed by atoms with Crippen LogP contribution < -0.4 is 9.47 Å². The largest absolute Gasteiger partial charge is 0.490 e. The lowest BCUT2D eigenvalue weighted by Gasteiger charge is -2.18. The lowest BCUT2D eigenvalue weighted by atomic mass is 10.1. The van der Waals surface area contributed by atoms with Crippen molar-refractivity contribution >= 4 is 17.5 Å². The molecular weight excluding hydrogens is 437 g/mol. The summed E-state index contributed by atoms with van der Waals surface area (Å²) in [5.74, 6) is 1.30. The summed E-state index contributed by atoms with van der Waals surface area (Å²) in [6.45, 7) is 5.79. The van der Waals surface area contributed by atoms with Gasteiger partial charge in [0.25, 0.3) is 0 Å². The molecule has 2 aromatic carbocycles. The highest BCUT2D eigenvalue weighted by molar-refractivity contribution is 6.31. The van der Waals surface area contributed by atoms with Gasteiger partial charge in [0, 0.05) is 25.1 Å². The van der Waals surface area contributed by atoms with Crippen LogP contribution in [0, 0.1) is 5.82 Å². The second-order valence-electron chi connectivity index (χ2n) is 7.41. The second kappa shape index (κ2) is 9.56. The number of hydrogen-bond donors (Lipinski definition) is 0. The van der Waals surface area contributed by atoms with Crippen molar-refractivity contribution in [2.45, 2.75) is 32.7 Å². The van der Waals surface area contributed by atoms with Crippen LogP contribution in [0.25, 0.3) is 11.4 Å². The molecule has 1 saturated heterocycles. The molecule has 0 bridgehead atoms. The molecule has 1 unspecified atom stereocenters. The molecule has 0 aliphatic carbocycles. The molecule has 1 aliphatic rings. The van der Waals surface area contributed by atoms with Gasteiger partial charge in [-0.15, -0.1) is 0 Å². The van der Waals surface area contributed by atoms with Crippen molar-refractivity contribution in [3.63, 3.8) is 0 Å². The normalized spacial score (nSPS) is 15.9. The van der Waals surface area contributed by atoms with Crippen LogP contribution in [0.5, 0.6) is 11.5 Å². The number of halogens is 2. The molecule has 1 atom stereocenters. The SMILES string of the molecule is CCOc1ccc(CN2CC(c3nc(-c4ccc(F)c(Cl)c4)no3)CC2=O)cc1OCC. The molecule has 4 rings (SSSR count). The van der Waals surface area contributed by atoms with Crippen molar-refractivity contribution in [2.24, 2.45) is 0 Å². The fourth-order valence-corrected chi connectivity index (χ4v) is 3.84. The Labute approximate surface area is 190 Å². The van der Waals surface area contributed by atoms with Crippen LogP contribution in [0.2, 0.25) is 5.02 Å². The number of carbonyl (C=O) groups excluding carboxylic acids is 1. The van der Waals surface area contributed by atoms with Crippen LogP contribution in [0.3, 0.4) is 0 Å². The Balaban J connectivity index is 1.46.